The molecule has 2 amide bonds. The number of urea groups is 1. The average molecular weight is 279 g/mol. The summed E-state index contributed by atoms with van der Waals surface area (Å²) in [6.45, 7) is 1.49. The van der Waals surface area contributed by atoms with Crippen molar-refractivity contribution in [3.8, 4) is 6.07 Å². The van der Waals surface area contributed by atoms with Crippen LogP contribution in [0.25, 0.3) is 0 Å². The van der Waals surface area contributed by atoms with E-state index in [-0.39, 0.29) is 5.78 Å². The molecule has 2 rings (SSSR count). The lowest BCUT2D eigenvalue weighted by Crippen LogP contribution is -2.19. The first kappa shape index (κ1) is 14.3. The van der Waals surface area contributed by atoms with Crippen molar-refractivity contribution >= 4 is 23.2 Å². The molecule has 0 aliphatic carbocycles. The van der Waals surface area contributed by atoms with Crippen molar-refractivity contribution in [2.45, 2.75) is 6.92 Å². The molecule has 0 heterocycles. The molecule has 0 aliphatic heterocycles. The summed E-state index contributed by atoms with van der Waals surface area (Å²) in [6.07, 6.45) is 0. The molecule has 0 radical (unpaired) electrons. The second-order valence-corrected chi connectivity index (χ2v) is 4.40. The van der Waals surface area contributed by atoms with Crippen LogP contribution in [0.4, 0.5) is 16.2 Å². The van der Waals surface area contributed by atoms with E-state index in [4.69, 9.17) is 5.26 Å². The minimum atomic E-state index is -0.393. The van der Waals surface area contributed by atoms with Crippen LogP contribution in [0.2, 0.25) is 0 Å². The van der Waals surface area contributed by atoms with Crippen LogP contribution in [0.15, 0.2) is 48.5 Å². The number of ketones is 1. The lowest BCUT2D eigenvalue weighted by Gasteiger charge is -2.08. The predicted octanol–water partition coefficient (Wildman–Crippen LogP) is 3.40. The average Bonchev–Trinajstić information content (AvgIpc) is 2.48. The summed E-state index contributed by atoms with van der Waals surface area (Å²) >= 11 is 0. The van der Waals surface area contributed by atoms with Gasteiger partial charge in [0.05, 0.1) is 11.6 Å². The fourth-order valence-electron chi connectivity index (χ4n) is 1.71. The fourth-order valence-corrected chi connectivity index (χ4v) is 1.71. The molecule has 21 heavy (non-hydrogen) atoms. The molecule has 2 aromatic rings. The van der Waals surface area contributed by atoms with Gasteiger partial charge in [0.25, 0.3) is 0 Å². The molecule has 0 unspecified atom stereocenters. The second-order valence-electron chi connectivity index (χ2n) is 4.40. The van der Waals surface area contributed by atoms with Crippen molar-refractivity contribution in [1.82, 2.24) is 0 Å². The molecule has 0 bridgehead atoms. The Morgan fingerprint density at radius 1 is 0.905 bits per heavy atom. The van der Waals surface area contributed by atoms with Gasteiger partial charge in [-0.2, -0.15) is 5.26 Å². The number of Topliss-reactive ketones (excluding diaryl/α,β-unsaturated/α-hetero) is 1. The lowest BCUT2D eigenvalue weighted by atomic mass is 10.1. The number of amides is 2. The monoisotopic (exact) mass is 279 g/mol. The Balaban J connectivity index is 1.97. The number of carbonyl (C=O) groups excluding carboxylic acids is 2. The van der Waals surface area contributed by atoms with Gasteiger partial charge in [0.1, 0.15) is 0 Å². The Labute approximate surface area is 122 Å². The molecule has 0 saturated carbocycles. The Hall–Kier alpha value is -3.13. The van der Waals surface area contributed by atoms with Crippen LogP contribution in [0.3, 0.4) is 0 Å². The summed E-state index contributed by atoms with van der Waals surface area (Å²) in [5, 5.41) is 14.0. The summed E-state index contributed by atoms with van der Waals surface area (Å²) in [6, 6.07) is 14.8. The Kier molecular flexibility index (Phi) is 4.32. The van der Waals surface area contributed by atoms with E-state index in [1.165, 1.54) is 6.92 Å². The molecule has 0 fully saturated rings. The van der Waals surface area contributed by atoms with Crippen LogP contribution in [0.1, 0.15) is 22.8 Å². The standard InChI is InChI=1S/C16H13N3O2/c1-11(20)13-4-8-15(9-5-13)19-16(21)18-14-6-2-12(10-17)3-7-14/h2-9H,1H3,(H2,18,19,21). The molecule has 0 saturated heterocycles. The van der Waals surface area contributed by atoms with Crippen LogP contribution in [0, 0.1) is 11.3 Å². The predicted molar refractivity (Wildman–Crippen MR) is 80.2 cm³/mol. The molecule has 0 aromatic heterocycles. The summed E-state index contributed by atoms with van der Waals surface area (Å²) in [5.74, 6) is -0.0245. The number of hydrogen-bond donors (Lipinski definition) is 2. The van der Waals surface area contributed by atoms with Gasteiger partial charge in [-0.05, 0) is 55.5 Å². The van der Waals surface area contributed by atoms with Crippen LogP contribution >= 0.6 is 0 Å². The summed E-state index contributed by atoms with van der Waals surface area (Å²) < 4.78 is 0. The number of rotatable bonds is 3. The first-order valence-corrected chi connectivity index (χ1v) is 6.27. The number of carbonyl (C=O) groups is 2. The molecule has 0 aliphatic rings. The van der Waals surface area contributed by atoms with Gasteiger partial charge < -0.3 is 10.6 Å². The smallest absolute Gasteiger partial charge is 0.308 e. The molecule has 2 N–H and O–H groups in total. The van der Waals surface area contributed by atoms with Crippen molar-refractivity contribution in [2.24, 2.45) is 0 Å². The first-order chi connectivity index (χ1) is 10.1. The maximum Gasteiger partial charge on any atom is 0.323 e. The van der Waals surface area contributed by atoms with E-state index in [2.05, 4.69) is 10.6 Å². The van der Waals surface area contributed by atoms with Crippen molar-refractivity contribution < 1.29 is 9.59 Å². The van der Waals surface area contributed by atoms with E-state index in [1.54, 1.807) is 48.5 Å². The van der Waals surface area contributed by atoms with Crippen LogP contribution in [0.5, 0.6) is 0 Å². The van der Waals surface area contributed by atoms with E-state index in [9.17, 15) is 9.59 Å². The van der Waals surface area contributed by atoms with Crippen molar-refractivity contribution in [2.75, 3.05) is 10.6 Å². The molecule has 0 atom stereocenters. The summed E-state index contributed by atoms with van der Waals surface area (Å²) in [5.41, 5.74) is 2.30. The third kappa shape index (κ3) is 3.91. The molecule has 5 nitrogen and oxygen atoms in total. The summed E-state index contributed by atoms with van der Waals surface area (Å²) in [7, 11) is 0. The molecular weight excluding hydrogens is 266 g/mol. The van der Waals surface area contributed by atoms with Crippen molar-refractivity contribution in [1.29, 1.82) is 5.26 Å². The number of anilines is 2. The Morgan fingerprint density at radius 3 is 1.81 bits per heavy atom. The normalized spacial score (nSPS) is 9.52. The first-order valence-electron chi connectivity index (χ1n) is 6.27. The molecule has 104 valence electrons. The number of nitrogens with zero attached hydrogens (tertiary/aromatic N) is 1. The molecule has 0 spiro atoms. The maximum atomic E-state index is 11.8. The molecular formula is C16H13N3O2. The lowest BCUT2D eigenvalue weighted by molar-refractivity contribution is 0.101. The largest absolute Gasteiger partial charge is 0.323 e. The zero-order chi connectivity index (χ0) is 15.2. The highest BCUT2D eigenvalue weighted by molar-refractivity contribution is 6.00. The van der Waals surface area contributed by atoms with E-state index in [1.807, 2.05) is 6.07 Å². The summed E-state index contributed by atoms with van der Waals surface area (Å²) in [4.78, 5) is 23.0. The SMILES string of the molecule is CC(=O)c1ccc(NC(=O)Nc2ccc(C#N)cc2)cc1. The fraction of sp³-hybridized carbons (Fsp3) is 0.0625. The van der Waals surface area contributed by atoms with Crippen LogP contribution < -0.4 is 10.6 Å². The molecule has 5 heteroatoms. The quantitative estimate of drug-likeness (QED) is 0.845. The highest BCUT2D eigenvalue weighted by Gasteiger charge is 2.04. The zero-order valence-corrected chi connectivity index (χ0v) is 11.4. The van der Waals surface area contributed by atoms with E-state index in [0.29, 0.717) is 22.5 Å². The van der Waals surface area contributed by atoms with Gasteiger partial charge >= 0.3 is 6.03 Å². The maximum absolute atomic E-state index is 11.8. The Bertz CT molecular complexity index is 698. The van der Waals surface area contributed by atoms with Gasteiger partial charge in [-0.3, -0.25) is 4.79 Å². The van der Waals surface area contributed by atoms with Crippen LogP contribution in [-0.2, 0) is 0 Å². The number of nitriles is 1. The minimum absolute atomic E-state index is 0.0245. The van der Waals surface area contributed by atoms with Gasteiger partial charge in [0.15, 0.2) is 5.78 Å². The van der Waals surface area contributed by atoms with Gasteiger partial charge in [-0.1, -0.05) is 0 Å². The topological polar surface area (TPSA) is 82.0 Å². The molecule has 2 aromatic carbocycles. The van der Waals surface area contributed by atoms with E-state index < -0.39 is 6.03 Å². The van der Waals surface area contributed by atoms with Gasteiger partial charge in [0.2, 0.25) is 0 Å². The van der Waals surface area contributed by atoms with E-state index >= 15 is 0 Å². The Morgan fingerprint density at radius 2 is 1.38 bits per heavy atom. The number of benzene rings is 2. The van der Waals surface area contributed by atoms with Crippen molar-refractivity contribution in [3.05, 3.63) is 59.7 Å². The third-order valence-corrected chi connectivity index (χ3v) is 2.82. The second kappa shape index (κ2) is 6.35. The third-order valence-electron chi connectivity index (χ3n) is 2.82. The zero-order valence-electron chi connectivity index (χ0n) is 11.4. The van der Waals surface area contributed by atoms with E-state index in [0.717, 1.165) is 0 Å². The highest BCUT2D eigenvalue weighted by Crippen LogP contribution is 2.12. The van der Waals surface area contributed by atoms with Gasteiger partial charge in [0, 0.05) is 16.9 Å². The van der Waals surface area contributed by atoms with Gasteiger partial charge in [-0.15, -0.1) is 0 Å². The highest BCUT2D eigenvalue weighted by atomic mass is 16.2. The number of nitrogens with one attached hydrogen (secondary N) is 2. The van der Waals surface area contributed by atoms with Crippen molar-refractivity contribution in [3.63, 3.8) is 0 Å². The minimum Gasteiger partial charge on any atom is -0.308 e. The van der Waals surface area contributed by atoms with Gasteiger partial charge in [-0.25, -0.2) is 4.79 Å². The van der Waals surface area contributed by atoms with Crippen LogP contribution in [-0.4, -0.2) is 11.8 Å². The number of hydrogen-bond acceptors (Lipinski definition) is 3.